The zero-order chi connectivity index (χ0) is 14.1. The number of aryl methyl sites for hydroxylation is 1. The second kappa shape index (κ2) is 5.00. The quantitative estimate of drug-likeness (QED) is 0.758. The zero-order valence-electron chi connectivity index (χ0n) is 12.1. The fraction of sp³-hybridized carbons (Fsp3) is 0.235. The Morgan fingerprint density at radius 3 is 2.60 bits per heavy atom. The first-order valence-corrected chi connectivity index (χ1v) is 6.93. The van der Waals surface area contributed by atoms with E-state index in [9.17, 15) is 0 Å². The largest absolute Gasteiger partial charge is 0.326 e. The lowest BCUT2D eigenvalue weighted by Crippen LogP contribution is -1.99. The van der Waals surface area contributed by atoms with E-state index in [4.69, 9.17) is 0 Å². The molecule has 0 fully saturated rings. The number of hydrogen-bond donors (Lipinski definition) is 1. The minimum atomic E-state index is 0.525. The summed E-state index contributed by atoms with van der Waals surface area (Å²) >= 11 is 0. The van der Waals surface area contributed by atoms with Crippen molar-refractivity contribution in [3.63, 3.8) is 0 Å². The Bertz CT molecular complexity index is 741. The molecule has 1 N–H and O–H groups in total. The molecule has 0 radical (unpaired) electrons. The van der Waals surface area contributed by atoms with Crippen molar-refractivity contribution in [3.8, 4) is 0 Å². The molecule has 1 aromatic heterocycles. The molecule has 2 aromatic carbocycles. The second-order valence-electron chi connectivity index (χ2n) is 5.39. The monoisotopic (exact) mass is 265 g/mol. The van der Waals surface area contributed by atoms with Gasteiger partial charge in [0.05, 0.1) is 11.0 Å². The Morgan fingerprint density at radius 1 is 1.05 bits per heavy atom. The number of anilines is 2. The molecule has 20 heavy (non-hydrogen) atoms. The van der Waals surface area contributed by atoms with Gasteiger partial charge in [0.15, 0.2) is 0 Å². The van der Waals surface area contributed by atoms with Crippen molar-refractivity contribution in [2.45, 2.75) is 19.8 Å². The third-order valence-corrected chi connectivity index (χ3v) is 3.60. The summed E-state index contributed by atoms with van der Waals surface area (Å²) in [5, 5.41) is 3.41. The van der Waals surface area contributed by atoms with Crippen molar-refractivity contribution in [3.05, 3.63) is 54.1 Å². The molecule has 3 aromatic rings. The van der Waals surface area contributed by atoms with Crippen LogP contribution in [0.5, 0.6) is 0 Å². The fourth-order valence-corrected chi connectivity index (χ4v) is 2.36. The molecule has 0 amide bonds. The molecule has 0 spiro atoms. The third-order valence-electron chi connectivity index (χ3n) is 3.60. The molecule has 3 rings (SSSR count). The van der Waals surface area contributed by atoms with E-state index in [1.165, 1.54) is 5.56 Å². The van der Waals surface area contributed by atoms with E-state index in [-0.39, 0.29) is 0 Å². The molecule has 0 aliphatic rings. The van der Waals surface area contributed by atoms with Gasteiger partial charge in [-0.3, -0.25) is 0 Å². The van der Waals surface area contributed by atoms with Crippen LogP contribution in [0.2, 0.25) is 0 Å². The molecule has 3 heteroatoms. The van der Waals surface area contributed by atoms with Gasteiger partial charge in [0.2, 0.25) is 5.95 Å². The Kier molecular flexibility index (Phi) is 3.18. The van der Waals surface area contributed by atoms with Crippen LogP contribution in [-0.4, -0.2) is 9.55 Å². The molecule has 3 nitrogen and oxygen atoms in total. The van der Waals surface area contributed by atoms with Crippen molar-refractivity contribution in [1.82, 2.24) is 9.55 Å². The molecular weight excluding hydrogens is 246 g/mol. The standard InChI is InChI=1S/C17H19N3/c1-12(2)13-7-6-8-14(11-13)18-17-19-15-9-4-5-10-16(15)20(17)3/h4-12H,1-3H3,(H,18,19). The van der Waals surface area contributed by atoms with E-state index < -0.39 is 0 Å². The Labute approximate surface area is 119 Å². The number of nitrogens with one attached hydrogen (secondary N) is 1. The average Bonchev–Trinajstić information content (AvgIpc) is 2.76. The SMILES string of the molecule is CC(C)c1cccc(Nc2nc3ccccc3n2C)c1. The van der Waals surface area contributed by atoms with Gasteiger partial charge in [-0.15, -0.1) is 0 Å². The molecular formula is C17H19N3. The topological polar surface area (TPSA) is 29.9 Å². The van der Waals surface area contributed by atoms with Crippen LogP contribution in [0.1, 0.15) is 25.3 Å². The van der Waals surface area contributed by atoms with Crippen molar-refractivity contribution in [2.75, 3.05) is 5.32 Å². The van der Waals surface area contributed by atoms with Gasteiger partial charge in [0.1, 0.15) is 0 Å². The number of hydrogen-bond acceptors (Lipinski definition) is 2. The molecule has 102 valence electrons. The molecule has 0 saturated heterocycles. The van der Waals surface area contributed by atoms with E-state index in [0.717, 1.165) is 22.7 Å². The molecule has 0 aliphatic carbocycles. The zero-order valence-corrected chi connectivity index (χ0v) is 12.1. The summed E-state index contributed by atoms with van der Waals surface area (Å²) in [5.74, 6) is 1.39. The predicted octanol–water partition coefficient (Wildman–Crippen LogP) is 4.44. The lowest BCUT2D eigenvalue weighted by Gasteiger charge is -2.10. The number of rotatable bonds is 3. The van der Waals surface area contributed by atoms with Gasteiger partial charge >= 0.3 is 0 Å². The van der Waals surface area contributed by atoms with E-state index in [0.29, 0.717) is 5.92 Å². The summed E-state index contributed by atoms with van der Waals surface area (Å²) in [6, 6.07) is 16.7. The van der Waals surface area contributed by atoms with Gasteiger partial charge < -0.3 is 9.88 Å². The molecule has 0 atom stereocenters. The molecule has 1 heterocycles. The summed E-state index contributed by atoms with van der Waals surface area (Å²) in [6.45, 7) is 4.41. The van der Waals surface area contributed by atoms with Crippen molar-refractivity contribution >= 4 is 22.7 Å². The maximum absolute atomic E-state index is 4.63. The van der Waals surface area contributed by atoms with Crippen molar-refractivity contribution < 1.29 is 0 Å². The van der Waals surface area contributed by atoms with E-state index >= 15 is 0 Å². The normalized spacial score (nSPS) is 11.2. The lowest BCUT2D eigenvalue weighted by atomic mass is 10.0. The second-order valence-corrected chi connectivity index (χ2v) is 5.39. The smallest absolute Gasteiger partial charge is 0.208 e. The predicted molar refractivity (Wildman–Crippen MR) is 84.5 cm³/mol. The first-order chi connectivity index (χ1) is 9.65. The summed E-state index contributed by atoms with van der Waals surface area (Å²) < 4.78 is 2.08. The van der Waals surface area contributed by atoms with Gasteiger partial charge in [-0.2, -0.15) is 0 Å². The maximum atomic E-state index is 4.63. The lowest BCUT2D eigenvalue weighted by molar-refractivity contribution is 0.867. The highest BCUT2D eigenvalue weighted by Crippen LogP contribution is 2.23. The van der Waals surface area contributed by atoms with Crippen LogP contribution in [0.15, 0.2) is 48.5 Å². The number of fused-ring (bicyclic) bond motifs is 1. The highest BCUT2D eigenvalue weighted by atomic mass is 15.2. The van der Waals surface area contributed by atoms with Crippen LogP contribution in [0.4, 0.5) is 11.6 Å². The van der Waals surface area contributed by atoms with Crippen molar-refractivity contribution in [2.24, 2.45) is 7.05 Å². The molecule has 0 aliphatic heterocycles. The Hall–Kier alpha value is -2.29. The summed E-state index contributed by atoms with van der Waals surface area (Å²) in [5.41, 5.74) is 4.55. The summed E-state index contributed by atoms with van der Waals surface area (Å²) in [7, 11) is 2.03. The van der Waals surface area contributed by atoms with E-state index in [1.54, 1.807) is 0 Å². The maximum Gasteiger partial charge on any atom is 0.208 e. The van der Waals surface area contributed by atoms with Crippen LogP contribution in [0.3, 0.4) is 0 Å². The van der Waals surface area contributed by atoms with Crippen LogP contribution in [0, 0.1) is 0 Å². The first kappa shape index (κ1) is 12.7. The van der Waals surface area contributed by atoms with Crippen LogP contribution >= 0.6 is 0 Å². The third kappa shape index (κ3) is 2.27. The first-order valence-electron chi connectivity index (χ1n) is 6.93. The van der Waals surface area contributed by atoms with Crippen LogP contribution in [0.25, 0.3) is 11.0 Å². The molecule has 0 unspecified atom stereocenters. The highest BCUT2D eigenvalue weighted by Gasteiger charge is 2.07. The summed E-state index contributed by atoms with van der Waals surface area (Å²) in [6.07, 6.45) is 0. The van der Waals surface area contributed by atoms with Gasteiger partial charge in [0.25, 0.3) is 0 Å². The van der Waals surface area contributed by atoms with Crippen LogP contribution < -0.4 is 5.32 Å². The minimum absolute atomic E-state index is 0.525. The van der Waals surface area contributed by atoms with E-state index in [1.807, 2.05) is 25.2 Å². The molecule has 0 bridgehead atoms. The molecule has 0 saturated carbocycles. The number of benzene rings is 2. The van der Waals surface area contributed by atoms with Gasteiger partial charge in [-0.05, 0) is 35.7 Å². The number of para-hydroxylation sites is 2. The van der Waals surface area contributed by atoms with Crippen LogP contribution in [-0.2, 0) is 7.05 Å². The fourth-order valence-electron chi connectivity index (χ4n) is 2.36. The Balaban J connectivity index is 1.97. The number of nitrogens with zero attached hydrogens (tertiary/aromatic N) is 2. The van der Waals surface area contributed by atoms with Gasteiger partial charge in [-0.1, -0.05) is 38.1 Å². The number of aromatic nitrogens is 2. The van der Waals surface area contributed by atoms with Gasteiger partial charge in [-0.25, -0.2) is 4.98 Å². The number of imidazole rings is 1. The summed E-state index contributed by atoms with van der Waals surface area (Å²) in [4.78, 5) is 4.63. The van der Waals surface area contributed by atoms with Crippen molar-refractivity contribution in [1.29, 1.82) is 0 Å². The average molecular weight is 265 g/mol. The minimum Gasteiger partial charge on any atom is -0.326 e. The van der Waals surface area contributed by atoms with Gasteiger partial charge in [0, 0.05) is 12.7 Å². The Morgan fingerprint density at radius 2 is 1.85 bits per heavy atom. The highest BCUT2D eigenvalue weighted by molar-refractivity contribution is 5.79. The van der Waals surface area contributed by atoms with E-state index in [2.05, 4.69) is 59.0 Å².